The van der Waals surface area contributed by atoms with Crippen molar-refractivity contribution in [3.8, 4) is 0 Å². The molecule has 1 unspecified atom stereocenters. The van der Waals surface area contributed by atoms with Gasteiger partial charge in [0.1, 0.15) is 5.69 Å². The number of nitrogens with one attached hydrogen (secondary N) is 1. The number of nitrogens with two attached hydrogens (primary N) is 1. The van der Waals surface area contributed by atoms with Gasteiger partial charge in [0.05, 0.1) is 11.1 Å². The molecule has 1 aromatic heterocycles. The van der Waals surface area contributed by atoms with Crippen molar-refractivity contribution in [2.75, 3.05) is 6.54 Å². The summed E-state index contributed by atoms with van der Waals surface area (Å²) in [4.78, 5) is 15.3. The summed E-state index contributed by atoms with van der Waals surface area (Å²) in [6.07, 6.45) is -3.60. The van der Waals surface area contributed by atoms with Crippen LogP contribution in [0, 0.1) is 5.92 Å². The minimum absolute atomic E-state index is 0. The molecule has 0 bridgehead atoms. The highest BCUT2D eigenvalue weighted by Gasteiger charge is 2.33. The molecule has 1 rings (SSSR count). The molecule has 0 saturated carbocycles. The molecule has 1 amide bonds. The number of aromatic nitrogens is 1. The Morgan fingerprint density at radius 2 is 1.86 bits per heavy atom. The third-order valence-electron chi connectivity index (χ3n) is 3.41. The normalized spacial score (nSPS) is 13.6. The largest absolute Gasteiger partial charge is 0.433 e. The van der Waals surface area contributed by atoms with Crippen LogP contribution in [0.15, 0.2) is 18.3 Å². The molecular weight excluding hydrogens is 342 g/mol. The summed E-state index contributed by atoms with van der Waals surface area (Å²) in [7, 11) is 0. The van der Waals surface area contributed by atoms with Gasteiger partial charge in [-0.25, -0.2) is 0 Å². The van der Waals surface area contributed by atoms with Gasteiger partial charge in [-0.3, -0.25) is 9.78 Å². The first-order chi connectivity index (χ1) is 9.10. The Kier molecular flexibility index (Phi) is 9.02. The lowest BCUT2D eigenvalue weighted by atomic mass is 9.88. The number of alkyl halides is 3. The summed E-state index contributed by atoms with van der Waals surface area (Å²) >= 11 is 0. The predicted molar refractivity (Wildman–Crippen MR) is 83.5 cm³/mol. The summed E-state index contributed by atoms with van der Waals surface area (Å²) in [5, 5.41) is 2.73. The van der Waals surface area contributed by atoms with E-state index in [1.807, 2.05) is 13.8 Å². The van der Waals surface area contributed by atoms with Gasteiger partial charge in [0.2, 0.25) is 0 Å². The van der Waals surface area contributed by atoms with E-state index in [1.54, 1.807) is 6.92 Å². The Hall–Kier alpha value is -1.05. The van der Waals surface area contributed by atoms with Gasteiger partial charge in [0.25, 0.3) is 5.91 Å². The van der Waals surface area contributed by atoms with E-state index in [-0.39, 0.29) is 42.8 Å². The van der Waals surface area contributed by atoms with Gasteiger partial charge < -0.3 is 11.1 Å². The Bertz CT molecular complexity index is 480. The van der Waals surface area contributed by atoms with Crippen molar-refractivity contribution in [3.05, 3.63) is 29.6 Å². The van der Waals surface area contributed by atoms with Crippen molar-refractivity contribution in [2.24, 2.45) is 11.7 Å². The number of amides is 1. The van der Waals surface area contributed by atoms with Crippen LogP contribution >= 0.6 is 24.8 Å². The zero-order chi connectivity index (χ0) is 15.6. The molecular formula is C13H20Cl2F3N3O. The Labute approximate surface area is 139 Å². The zero-order valence-electron chi connectivity index (χ0n) is 12.4. The summed E-state index contributed by atoms with van der Waals surface area (Å²) in [5.74, 6) is -0.410. The Morgan fingerprint density at radius 3 is 2.18 bits per heavy atom. The van der Waals surface area contributed by atoms with Crippen LogP contribution in [-0.2, 0) is 6.18 Å². The van der Waals surface area contributed by atoms with Gasteiger partial charge in [-0.1, -0.05) is 13.8 Å². The van der Waals surface area contributed by atoms with Crippen LogP contribution in [0.2, 0.25) is 0 Å². The minimum Gasteiger partial charge on any atom is -0.345 e. The maximum atomic E-state index is 12.4. The first-order valence-electron chi connectivity index (χ1n) is 6.16. The molecule has 3 N–H and O–H groups in total. The maximum absolute atomic E-state index is 12.4. The summed E-state index contributed by atoms with van der Waals surface area (Å²) in [6, 6.07) is 1.88. The van der Waals surface area contributed by atoms with Crippen LogP contribution in [0.5, 0.6) is 0 Å². The lowest BCUT2D eigenvalue weighted by Gasteiger charge is -2.33. The summed E-state index contributed by atoms with van der Waals surface area (Å²) < 4.78 is 37.1. The van der Waals surface area contributed by atoms with Gasteiger partial charge in [-0.05, 0) is 25.0 Å². The molecule has 0 radical (unpaired) electrons. The van der Waals surface area contributed by atoms with Crippen LogP contribution in [0.1, 0.15) is 36.8 Å². The van der Waals surface area contributed by atoms with Gasteiger partial charge in [-0.2, -0.15) is 13.2 Å². The molecule has 22 heavy (non-hydrogen) atoms. The first-order valence-corrected chi connectivity index (χ1v) is 6.16. The van der Waals surface area contributed by atoms with Crippen molar-refractivity contribution in [3.63, 3.8) is 0 Å². The van der Waals surface area contributed by atoms with E-state index in [0.29, 0.717) is 0 Å². The minimum atomic E-state index is -4.52. The second-order valence-corrected chi connectivity index (χ2v) is 5.16. The standard InChI is InChI=1S/C13H18F3N3O.2ClH/c1-8(2)12(3,7-17)19-11(20)9-4-5-10(18-6-9)13(14,15)16;;/h4-6,8H,7,17H2,1-3H3,(H,19,20);2*1H. The smallest absolute Gasteiger partial charge is 0.345 e. The SMILES string of the molecule is CC(C)C(C)(CN)NC(=O)c1ccc(C(F)(F)F)nc1.Cl.Cl. The summed E-state index contributed by atoms with van der Waals surface area (Å²) in [5.41, 5.74) is 4.05. The zero-order valence-corrected chi connectivity index (χ0v) is 14.0. The topological polar surface area (TPSA) is 68.0 Å². The van der Waals surface area contributed by atoms with Crippen molar-refractivity contribution >= 4 is 30.7 Å². The number of rotatable bonds is 4. The van der Waals surface area contributed by atoms with Crippen LogP contribution in [-0.4, -0.2) is 23.0 Å². The van der Waals surface area contributed by atoms with Gasteiger partial charge in [-0.15, -0.1) is 24.8 Å². The van der Waals surface area contributed by atoms with E-state index in [2.05, 4.69) is 10.3 Å². The van der Waals surface area contributed by atoms with Crippen LogP contribution in [0.3, 0.4) is 0 Å². The molecule has 4 nitrogen and oxygen atoms in total. The second kappa shape index (κ2) is 8.55. The third kappa shape index (κ3) is 5.62. The molecule has 0 aliphatic heterocycles. The van der Waals surface area contributed by atoms with E-state index in [0.717, 1.165) is 18.3 Å². The molecule has 0 aromatic carbocycles. The number of carbonyl (C=O) groups is 1. The van der Waals surface area contributed by atoms with E-state index < -0.39 is 23.3 Å². The van der Waals surface area contributed by atoms with Gasteiger partial charge in [0, 0.05) is 12.7 Å². The van der Waals surface area contributed by atoms with Crippen molar-refractivity contribution in [2.45, 2.75) is 32.5 Å². The van der Waals surface area contributed by atoms with Crippen LogP contribution in [0.4, 0.5) is 13.2 Å². The fourth-order valence-electron chi connectivity index (χ4n) is 1.46. The van der Waals surface area contributed by atoms with Gasteiger partial charge >= 0.3 is 6.18 Å². The quantitative estimate of drug-likeness (QED) is 0.865. The molecule has 9 heteroatoms. The lowest BCUT2D eigenvalue weighted by molar-refractivity contribution is -0.141. The molecule has 0 saturated heterocycles. The number of hydrogen-bond donors (Lipinski definition) is 2. The molecule has 0 fully saturated rings. The number of hydrogen-bond acceptors (Lipinski definition) is 3. The highest BCUT2D eigenvalue weighted by molar-refractivity contribution is 5.94. The van der Waals surface area contributed by atoms with Crippen molar-refractivity contribution in [1.82, 2.24) is 10.3 Å². The monoisotopic (exact) mass is 361 g/mol. The third-order valence-corrected chi connectivity index (χ3v) is 3.41. The Morgan fingerprint density at radius 1 is 1.32 bits per heavy atom. The van der Waals surface area contributed by atoms with E-state index in [1.165, 1.54) is 0 Å². The molecule has 0 spiro atoms. The van der Waals surface area contributed by atoms with E-state index in [9.17, 15) is 18.0 Å². The molecule has 1 atom stereocenters. The summed E-state index contributed by atoms with van der Waals surface area (Å²) in [6.45, 7) is 5.81. The predicted octanol–water partition coefficient (Wildman–Crippen LogP) is 3.05. The van der Waals surface area contributed by atoms with E-state index >= 15 is 0 Å². The molecule has 0 aliphatic rings. The number of halogens is 5. The fourth-order valence-corrected chi connectivity index (χ4v) is 1.46. The molecule has 1 aromatic rings. The number of nitrogens with zero attached hydrogens (tertiary/aromatic N) is 1. The van der Waals surface area contributed by atoms with Crippen LogP contribution < -0.4 is 11.1 Å². The number of carbonyl (C=O) groups excluding carboxylic acids is 1. The van der Waals surface area contributed by atoms with Crippen LogP contribution in [0.25, 0.3) is 0 Å². The van der Waals surface area contributed by atoms with Crippen molar-refractivity contribution in [1.29, 1.82) is 0 Å². The average Bonchev–Trinajstić information content (AvgIpc) is 2.37. The highest BCUT2D eigenvalue weighted by atomic mass is 35.5. The van der Waals surface area contributed by atoms with Crippen molar-refractivity contribution < 1.29 is 18.0 Å². The molecule has 1 heterocycles. The lowest BCUT2D eigenvalue weighted by Crippen LogP contribution is -2.55. The van der Waals surface area contributed by atoms with E-state index in [4.69, 9.17) is 5.73 Å². The Balaban J connectivity index is 0. The number of pyridine rings is 1. The second-order valence-electron chi connectivity index (χ2n) is 5.16. The molecule has 128 valence electrons. The van der Waals surface area contributed by atoms with Gasteiger partial charge in [0.15, 0.2) is 0 Å². The molecule has 0 aliphatic carbocycles. The fraction of sp³-hybridized carbons (Fsp3) is 0.538. The highest BCUT2D eigenvalue weighted by Crippen LogP contribution is 2.27. The maximum Gasteiger partial charge on any atom is 0.433 e. The average molecular weight is 362 g/mol. The first kappa shape index (κ1) is 23.2.